The first-order valence-corrected chi connectivity index (χ1v) is 5.05. The summed E-state index contributed by atoms with van der Waals surface area (Å²) < 4.78 is 8.97. The summed E-state index contributed by atoms with van der Waals surface area (Å²) in [6.07, 6.45) is 0. The summed E-state index contributed by atoms with van der Waals surface area (Å²) in [7, 11) is 2.26. The van der Waals surface area contributed by atoms with Crippen LogP contribution in [0.25, 0.3) is 0 Å². The van der Waals surface area contributed by atoms with E-state index in [1.807, 2.05) is 13.8 Å². The molecule has 0 aromatic carbocycles. The molecular weight excluding hydrogens is 244 g/mol. The maximum atomic E-state index is 11.3. The van der Waals surface area contributed by atoms with E-state index in [0.29, 0.717) is 0 Å². The van der Waals surface area contributed by atoms with Gasteiger partial charge in [0.25, 0.3) is 11.3 Å². The predicted molar refractivity (Wildman–Crippen MR) is 63.0 cm³/mol. The van der Waals surface area contributed by atoms with E-state index in [0.717, 1.165) is 20.3 Å². The van der Waals surface area contributed by atoms with Crippen molar-refractivity contribution in [1.29, 1.82) is 0 Å². The molecule has 0 amide bonds. The van der Waals surface area contributed by atoms with Gasteiger partial charge in [-0.2, -0.15) is 0 Å². The zero-order valence-corrected chi connectivity index (χ0v) is 10.5. The van der Waals surface area contributed by atoms with Crippen LogP contribution in [0.15, 0.2) is 10.9 Å². The third-order valence-electron chi connectivity index (χ3n) is 1.76. The SMILES string of the molecule is CC.COC(=O)c1cc(=O)c([N+](=O)[O-])c(OC)[nH]1. The molecule has 0 saturated heterocycles. The summed E-state index contributed by atoms with van der Waals surface area (Å²) in [6, 6.07) is 0.784. The molecule has 0 aliphatic carbocycles. The Labute approximate surface area is 103 Å². The maximum Gasteiger partial charge on any atom is 0.375 e. The summed E-state index contributed by atoms with van der Waals surface area (Å²) in [4.78, 5) is 34.4. The van der Waals surface area contributed by atoms with E-state index in [1.54, 1.807) is 0 Å². The number of nitrogens with zero attached hydrogens (tertiary/aromatic N) is 1. The summed E-state index contributed by atoms with van der Waals surface area (Å²) >= 11 is 0. The third kappa shape index (κ3) is 3.30. The van der Waals surface area contributed by atoms with E-state index in [9.17, 15) is 19.7 Å². The molecule has 8 nitrogen and oxygen atoms in total. The second kappa shape index (κ2) is 7.05. The topological polar surface area (TPSA) is 112 Å². The molecule has 1 heterocycles. The number of ether oxygens (including phenoxy) is 2. The summed E-state index contributed by atoms with van der Waals surface area (Å²) in [6.45, 7) is 4.00. The first-order valence-electron chi connectivity index (χ1n) is 5.05. The number of methoxy groups -OCH3 is 2. The lowest BCUT2D eigenvalue weighted by atomic mass is 10.3. The Bertz CT molecular complexity index is 494. The Hall–Kier alpha value is -2.38. The molecular formula is C10H14N2O6. The molecule has 8 heteroatoms. The van der Waals surface area contributed by atoms with Crippen LogP contribution in [0.2, 0.25) is 0 Å². The third-order valence-corrected chi connectivity index (χ3v) is 1.76. The van der Waals surface area contributed by atoms with Gasteiger partial charge in [0.05, 0.1) is 19.1 Å². The number of carbonyl (C=O) groups excluding carboxylic acids is 1. The lowest BCUT2D eigenvalue weighted by Crippen LogP contribution is -2.15. The number of aromatic amines is 1. The van der Waals surface area contributed by atoms with Gasteiger partial charge in [0.2, 0.25) is 0 Å². The first-order chi connectivity index (χ1) is 8.51. The van der Waals surface area contributed by atoms with Gasteiger partial charge < -0.3 is 14.5 Å². The van der Waals surface area contributed by atoms with Crippen molar-refractivity contribution in [3.05, 3.63) is 32.1 Å². The Morgan fingerprint density at radius 2 is 1.94 bits per heavy atom. The highest BCUT2D eigenvalue weighted by molar-refractivity contribution is 5.87. The Kier molecular flexibility index (Phi) is 6.11. The summed E-state index contributed by atoms with van der Waals surface area (Å²) in [5.41, 5.74) is -1.90. The van der Waals surface area contributed by atoms with Crippen LogP contribution in [0.5, 0.6) is 5.88 Å². The van der Waals surface area contributed by atoms with Gasteiger partial charge in [-0.05, 0) is 0 Å². The Morgan fingerprint density at radius 3 is 2.33 bits per heavy atom. The average molecular weight is 258 g/mol. The lowest BCUT2D eigenvalue weighted by Gasteiger charge is -2.03. The van der Waals surface area contributed by atoms with E-state index < -0.39 is 27.9 Å². The Balaban J connectivity index is 0.00000137. The van der Waals surface area contributed by atoms with Gasteiger partial charge in [-0.15, -0.1) is 0 Å². The van der Waals surface area contributed by atoms with Gasteiger partial charge >= 0.3 is 11.7 Å². The molecule has 0 radical (unpaired) electrons. The molecule has 0 unspecified atom stereocenters. The largest absolute Gasteiger partial charge is 0.477 e. The van der Waals surface area contributed by atoms with E-state index in [1.165, 1.54) is 0 Å². The fourth-order valence-electron chi connectivity index (χ4n) is 1.07. The maximum absolute atomic E-state index is 11.3. The second-order valence-electron chi connectivity index (χ2n) is 2.68. The standard InChI is InChI=1S/C8H8N2O6.C2H6/c1-15-7-6(10(13)14)5(11)3-4(9-7)8(12)16-2;1-2/h3H,1-2H3,(H,9,11);1-2H3. The number of nitrogens with one attached hydrogen (secondary N) is 1. The van der Waals surface area contributed by atoms with Crippen LogP contribution in [0.4, 0.5) is 5.69 Å². The van der Waals surface area contributed by atoms with E-state index in [2.05, 4.69) is 14.5 Å². The zero-order valence-electron chi connectivity index (χ0n) is 10.5. The minimum absolute atomic E-state index is 0.213. The highest BCUT2D eigenvalue weighted by Crippen LogP contribution is 2.19. The van der Waals surface area contributed by atoms with Crippen LogP contribution < -0.4 is 10.2 Å². The van der Waals surface area contributed by atoms with Crippen molar-refractivity contribution >= 4 is 11.7 Å². The lowest BCUT2D eigenvalue weighted by molar-refractivity contribution is -0.387. The molecule has 0 aliphatic heterocycles. The van der Waals surface area contributed by atoms with Gasteiger partial charge in [0.15, 0.2) is 0 Å². The normalized spacial score (nSPS) is 8.89. The molecule has 0 spiro atoms. The average Bonchev–Trinajstić information content (AvgIpc) is 2.38. The molecule has 0 atom stereocenters. The number of pyridine rings is 1. The molecule has 1 aromatic rings. The number of nitro groups is 1. The minimum atomic E-state index is -0.930. The van der Waals surface area contributed by atoms with Crippen LogP contribution in [0.1, 0.15) is 24.3 Å². The monoisotopic (exact) mass is 258 g/mol. The van der Waals surface area contributed by atoms with Gasteiger partial charge in [0.1, 0.15) is 5.69 Å². The molecule has 1 rings (SSSR count). The molecule has 0 saturated carbocycles. The van der Waals surface area contributed by atoms with Crippen molar-refractivity contribution in [1.82, 2.24) is 4.98 Å². The molecule has 0 fully saturated rings. The van der Waals surface area contributed by atoms with Gasteiger partial charge in [-0.25, -0.2) is 4.79 Å². The summed E-state index contributed by atoms with van der Waals surface area (Å²) in [5.74, 6) is -1.21. The fraction of sp³-hybridized carbons (Fsp3) is 0.400. The number of carbonyl (C=O) groups is 1. The molecule has 100 valence electrons. The zero-order chi connectivity index (χ0) is 14.3. The van der Waals surface area contributed by atoms with Gasteiger partial charge in [-0.3, -0.25) is 14.9 Å². The summed E-state index contributed by atoms with van der Waals surface area (Å²) in [5, 5.41) is 10.5. The highest BCUT2D eigenvalue weighted by atomic mass is 16.6. The van der Waals surface area contributed by atoms with Crippen molar-refractivity contribution in [3.63, 3.8) is 0 Å². The smallest absolute Gasteiger partial charge is 0.375 e. The number of esters is 1. The Morgan fingerprint density at radius 1 is 1.39 bits per heavy atom. The van der Waals surface area contributed by atoms with Crippen molar-refractivity contribution in [2.75, 3.05) is 14.2 Å². The van der Waals surface area contributed by atoms with E-state index in [4.69, 9.17) is 0 Å². The second-order valence-corrected chi connectivity index (χ2v) is 2.68. The minimum Gasteiger partial charge on any atom is -0.477 e. The number of hydrogen-bond acceptors (Lipinski definition) is 6. The van der Waals surface area contributed by atoms with Crippen molar-refractivity contribution in [3.8, 4) is 5.88 Å². The van der Waals surface area contributed by atoms with Crippen molar-refractivity contribution in [2.45, 2.75) is 13.8 Å². The van der Waals surface area contributed by atoms with E-state index in [-0.39, 0.29) is 5.69 Å². The number of H-pyrrole nitrogens is 1. The van der Waals surface area contributed by atoms with Crippen LogP contribution in [0, 0.1) is 10.1 Å². The molecule has 0 bridgehead atoms. The van der Waals surface area contributed by atoms with Crippen LogP contribution in [0.3, 0.4) is 0 Å². The van der Waals surface area contributed by atoms with Gasteiger partial charge in [0, 0.05) is 6.07 Å². The molecule has 0 aliphatic rings. The van der Waals surface area contributed by atoms with E-state index >= 15 is 0 Å². The van der Waals surface area contributed by atoms with Gasteiger partial charge in [-0.1, -0.05) is 13.8 Å². The van der Waals surface area contributed by atoms with Crippen LogP contribution in [-0.4, -0.2) is 30.1 Å². The number of aromatic nitrogens is 1. The van der Waals surface area contributed by atoms with Crippen molar-refractivity contribution in [2.24, 2.45) is 0 Å². The predicted octanol–water partition coefficient (Wildman–Crippen LogP) is 1.10. The number of hydrogen-bond donors (Lipinski definition) is 1. The molecule has 1 N–H and O–H groups in total. The van der Waals surface area contributed by atoms with Crippen LogP contribution in [-0.2, 0) is 4.74 Å². The quantitative estimate of drug-likeness (QED) is 0.493. The van der Waals surface area contributed by atoms with Crippen LogP contribution >= 0.6 is 0 Å². The first kappa shape index (κ1) is 15.6. The fourth-order valence-corrected chi connectivity index (χ4v) is 1.07. The highest BCUT2D eigenvalue weighted by Gasteiger charge is 2.23. The molecule has 1 aromatic heterocycles. The molecule has 18 heavy (non-hydrogen) atoms. The number of rotatable bonds is 3. The van der Waals surface area contributed by atoms with Crippen molar-refractivity contribution < 1.29 is 19.2 Å².